The van der Waals surface area contributed by atoms with Gasteiger partial charge in [-0.2, -0.15) is 0 Å². The number of halogens is 2. The molecule has 3 N–H and O–H groups in total. The van der Waals surface area contributed by atoms with Crippen LogP contribution in [-0.2, 0) is 11.2 Å². The smallest absolute Gasteiger partial charge is 0.227 e. The van der Waals surface area contributed by atoms with E-state index in [1.54, 1.807) is 18.2 Å². The van der Waals surface area contributed by atoms with Gasteiger partial charge in [0.15, 0.2) is 0 Å². The fraction of sp³-hybridized carbons (Fsp3) is 0.533. The molecule has 0 aromatic heterocycles. The first-order chi connectivity index (χ1) is 9.09. The molecule has 114 valence electrons. The van der Waals surface area contributed by atoms with E-state index in [9.17, 15) is 9.18 Å². The van der Waals surface area contributed by atoms with E-state index in [-0.39, 0.29) is 24.1 Å². The number of nitrogens with two attached hydrogens (primary N) is 1. The molecule has 1 aromatic carbocycles. The van der Waals surface area contributed by atoms with Gasteiger partial charge in [0, 0.05) is 13.1 Å². The monoisotopic (exact) mass is 302 g/mol. The lowest BCUT2D eigenvalue weighted by Crippen LogP contribution is -2.45. The average Bonchev–Trinajstić information content (AvgIpc) is 2.43. The maximum absolute atomic E-state index is 13.4. The zero-order valence-electron chi connectivity index (χ0n) is 12.1. The van der Waals surface area contributed by atoms with Gasteiger partial charge in [-0.1, -0.05) is 32.0 Å². The molecule has 0 heterocycles. The van der Waals surface area contributed by atoms with Crippen LogP contribution in [0.15, 0.2) is 24.3 Å². The molecule has 1 rings (SSSR count). The summed E-state index contributed by atoms with van der Waals surface area (Å²) in [5, 5.41) is 2.87. The lowest BCUT2D eigenvalue weighted by Gasteiger charge is -2.28. The van der Waals surface area contributed by atoms with Crippen molar-refractivity contribution in [3.05, 3.63) is 35.6 Å². The fourth-order valence-corrected chi connectivity index (χ4v) is 2.15. The molecule has 0 aliphatic heterocycles. The van der Waals surface area contributed by atoms with Gasteiger partial charge < -0.3 is 11.1 Å². The number of carbonyl (C=O) groups is 1. The molecule has 5 heteroatoms. The highest BCUT2D eigenvalue weighted by molar-refractivity contribution is 5.85. The highest BCUT2D eigenvalue weighted by Gasteiger charge is 2.32. The van der Waals surface area contributed by atoms with E-state index >= 15 is 0 Å². The quantitative estimate of drug-likeness (QED) is 0.813. The van der Waals surface area contributed by atoms with Gasteiger partial charge in [-0.05, 0) is 30.9 Å². The first kappa shape index (κ1) is 18.9. The third-order valence-electron chi connectivity index (χ3n) is 3.86. The summed E-state index contributed by atoms with van der Waals surface area (Å²) in [5.41, 5.74) is 5.84. The molecule has 0 atom stereocenters. The summed E-state index contributed by atoms with van der Waals surface area (Å²) in [4.78, 5) is 12.1. The highest BCUT2D eigenvalue weighted by atomic mass is 35.5. The topological polar surface area (TPSA) is 55.1 Å². The standard InChI is InChI=1S/C15H23FN2O.ClH/c1-3-15(4-2,11-17)14(19)18-10-9-12-7-5-6-8-13(12)16;/h5-8H,3-4,9-11,17H2,1-2H3,(H,18,19);1H. The Kier molecular flexibility index (Phi) is 8.42. The Balaban J connectivity index is 0.00000361. The predicted molar refractivity (Wildman–Crippen MR) is 82.4 cm³/mol. The first-order valence-corrected chi connectivity index (χ1v) is 6.81. The zero-order chi connectivity index (χ0) is 14.3. The van der Waals surface area contributed by atoms with Crippen molar-refractivity contribution in [2.24, 2.45) is 11.1 Å². The van der Waals surface area contributed by atoms with Crippen LogP contribution < -0.4 is 11.1 Å². The van der Waals surface area contributed by atoms with Gasteiger partial charge in [-0.3, -0.25) is 4.79 Å². The minimum absolute atomic E-state index is 0. The van der Waals surface area contributed by atoms with Crippen LogP contribution in [0.3, 0.4) is 0 Å². The van der Waals surface area contributed by atoms with Gasteiger partial charge in [0.05, 0.1) is 5.41 Å². The summed E-state index contributed by atoms with van der Waals surface area (Å²) in [6.45, 7) is 4.70. The van der Waals surface area contributed by atoms with E-state index in [4.69, 9.17) is 5.73 Å². The molecule has 20 heavy (non-hydrogen) atoms. The molecule has 0 aliphatic rings. The molecule has 3 nitrogen and oxygen atoms in total. The van der Waals surface area contributed by atoms with Crippen LogP contribution in [0, 0.1) is 11.2 Å². The van der Waals surface area contributed by atoms with Crippen LogP contribution in [0.25, 0.3) is 0 Å². The Morgan fingerprint density at radius 3 is 2.40 bits per heavy atom. The fourth-order valence-electron chi connectivity index (χ4n) is 2.15. The summed E-state index contributed by atoms with van der Waals surface area (Å²) in [6, 6.07) is 6.62. The second-order valence-corrected chi connectivity index (χ2v) is 4.79. The maximum Gasteiger partial charge on any atom is 0.227 e. The summed E-state index contributed by atoms with van der Waals surface area (Å²) in [5.74, 6) is -0.260. The van der Waals surface area contributed by atoms with E-state index < -0.39 is 5.41 Å². The van der Waals surface area contributed by atoms with Crippen LogP contribution in [0.2, 0.25) is 0 Å². The molecule has 1 amide bonds. The molecule has 0 spiro atoms. The van der Waals surface area contributed by atoms with Crippen LogP contribution in [0.4, 0.5) is 4.39 Å². The Morgan fingerprint density at radius 2 is 1.90 bits per heavy atom. The molecule has 0 bridgehead atoms. The predicted octanol–water partition coefficient (Wildman–Crippen LogP) is 2.67. The third kappa shape index (κ3) is 4.46. The second kappa shape index (κ2) is 8.93. The van der Waals surface area contributed by atoms with Crippen molar-refractivity contribution in [1.29, 1.82) is 0 Å². The van der Waals surface area contributed by atoms with E-state index in [1.807, 2.05) is 13.8 Å². The van der Waals surface area contributed by atoms with Gasteiger partial charge in [-0.15, -0.1) is 12.4 Å². The number of amides is 1. The maximum atomic E-state index is 13.4. The lowest BCUT2D eigenvalue weighted by atomic mass is 9.81. The van der Waals surface area contributed by atoms with Crippen molar-refractivity contribution in [1.82, 2.24) is 5.32 Å². The molecule has 0 aliphatic carbocycles. The van der Waals surface area contributed by atoms with E-state index in [2.05, 4.69) is 5.32 Å². The van der Waals surface area contributed by atoms with Crippen molar-refractivity contribution in [2.75, 3.05) is 13.1 Å². The van der Waals surface area contributed by atoms with Gasteiger partial charge >= 0.3 is 0 Å². The Labute approximate surface area is 126 Å². The van der Waals surface area contributed by atoms with Crippen LogP contribution in [0.5, 0.6) is 0 Å². The molecule has 0 saturated heterocycles. The molecule has 1 aromatic rings. The van der Waals surface area contributed by atoms with Crippen molar-refractivity contribution >= 4 is 18.3 Å². The second-order valence-electron chi connectivity index (χ2n) is 4.79. The zero-order valence-corrected chi connectivity index (χ0v) is 12.9. The van der Waals surface area contributed by atoms with Crippen molar-refractivity contribution in [3.8, 4) is 0 Å². The SMILES string of the molecule is CCC(CC)(CN)C(=O)NCCc1ccccc1F.Cl. The number of nitrogens with one attached hydrogen (secondary N) is 1. The summed E-state index contributed by atoms with van der Waals surface area (Å²) < 4.78 is 13.4. The van der Waals surface area contributed by atoms with Gasteiger partial charge in [0.2, 0.25) is 5.91 Å². The molecular weight excluding hydrogens is 279 g/mol. The Hall–Kier alpha value is -1.13. The van der Waals surface area contributed by atoms with Crippen LogP contribution in [-0.4, -0.2) is 19.0 Å². The number of benzene rings is 1. The van der Waals surface area contributed by atoms with Gasteiger partial charge in [0.25, 0.3) is 0 Å². The summed E-state index contributed by atoms with van der Waals surface area (Å²) in [6.07, 6.45) is 1.92. The van der Waals surface area contributed by atoms with E-state index in [0.29, 0.717) is 37.9 Å². The minimum atomic E-state index is -0.491. The minimum Gasteiger partial charge on any atom is -0.355 e. The molecule has 0 unspecified atom stereocenters. The summed E-state index contributed by atoms with van der Waals surface area (Å²) >= 11 is 0. The average molecular weight is 303 g/mol. The Bertz CT molecular complexity index is 414. The van der Waals surface area contributed by atoms with Crippen LogP contribution in [0.1, 0.15) is 32.3 Å². The number of rotatable bonds is 7. The van der Waals surface area contributed by atoms with Gasteiger partial charge in [0.1, 0.15) is 5.82 Å². The highest BCUT2D eigenvalue weighted by Crippen LogP contribution is 2.24. The lowest BCUT2D eigenvalue weighted by molar-refractivity contribution is -0.131. The number of carbonyl (C=O) groups excluding carboxylic acids is 1. The van der Waals surface area contributed by atoms with Crippen molar-refractivity contribution in [3.63, 3.8) is 0 Å². The summed E-state index contributed by atoms with van der Waals surface area (Å²) in [7, 11) is 0. The molecule has 0 radical (unpaired) electrons. The normalized spacial score (nSPS) is 10.8. The van der Waals surface area contributed by atoms with Gasteiger partial charge in [-0.25, -0.2) is 4.39 Å². The van der Waals surface area contributed by atoms with Crippen LogP contribution >= 0.6 is 12.4 Å². The van der Waals surface area contributed by atoms with E-state index in [1.165, 1.54) is 6.07 Å². The Morgan fingerprint density at radius 1 is 1.30 bits per heavy atom. The molecular formula is C15H24ClFN2O. The number of hydrogen-bond donors (Lipinski definition) is 2. The number of hydrogen-bond acceptors (Lipinski definition) is 2. The largest absolute Gasteiger partial charge is 0.355 e. The third-order valence-corrected chi connectivity index (χ3v) is 3.86. The van der Waals surface area contributed by atoms with Crippen molar-refractivity contribution < 1.29 is 9.18 Å². The van der Waals surface area contributed by atoms with E-state index in [0.717, 1.165) is 0 Å². The molecule has 0 saturated carbocycles. The molecule has 0 fully saturated rings. The van der Waals surface area contributed by atoms with Crippen molar-refractivity contribution in [2.45, 2.75) is 33.1 Å². The first-order valence-electron chi connectivity index (χ1n) is 6.81.